The second-order valence-corrected chi connectivity index (χ2v) is 7.05. The van der Waals surface area contributed by atoms with E-state index in [2.05, 4.69) is 15.8 Å². The number of rotatable bonds is 4. The van der Waals surface area contributed by atoms with Crippen molar-refractivity contribution >= 4 is 28.9 Å². The summed E-state index contributed by atoms with van der Waals surface area (Å²) in [5.41, 5.74) is 11.4. The standard InChI is InChI=1S/C19H20N4O4S/c1-10-16-12(22-23-19(20)28)3-2-4-14(16)27-17(10)18(24)21-8-11-5-6-13-15(7-11)26-9-25-13/h5-7H,2-4,8-9H2,1H3,(H,21,24)(H3,20,23,28)/b22-12+. The van der Waals surface area contributed by atoms with E-state index < -0.39 is 0 Å². The van der Waals surface area contributed by atoms with Gasteiger partial charge in [0, 0.05) is 24.1 Å². The number of hydrogen-bond donors (Lipinski definition) is 3. The van der Waals surface area contributed by atoms with E-state index in [0.29, 0.717) is 23.8 Å². The molecule has 4 N–H and O–H groups in total. The Morgan fingerprint density at radius 1 is 1.29 bits per heavy atom. The van der Waals surface area contributed by atoms with Gasteiger partial charge < -0.3 is 24.9 Å². The Morgan fingerprint density at radius 3 is 2.93 bits per heavy atom. The Kier molecular flexibility index (Phi) is 4.91. The van der Waals surface area contributed by atoms with Crippen molar-refractivity contribution in [3.63, 3.8) is 0 Å². The molecular weight excluding hydrogens is 380 g/mol. The summed E-state index contributed by atoms with van der Waals surface area (Å²) in [5.74, 6) is 2.19. The number of carbonyl (C=O) groups is 1. The van der Waals surface area contributed by atoms with Gasteiger partial charge in [-0.05, 0) is 49.7 Å². The summed E-state index contributed by atoms with van der Waals surface area (Å²) in [6.45, 7) is 2.43. The molecule has 146 valence electrons. The predicted molar refractivity (Wildman–Crippen MR) is 107 cm³/mol. The highest BCUT2D eigenvalue weighted by Crippen LogP contribution is 2.33. The van der Waals surface area contributed by atoms with Crippen LogP contribution in [-0.4, -0.2) is 23.5 Å². The number of thiocarbonyl (C=S) groups is 1. The molecule has 1 aliphatic carbocycles. The zero-order valence-electron chi connectivity index (χ0n) is 15.3. The maximum atomic E-state index is 12.7. The average molecular weight is 400 g/mol. The number of nitrogens with one attached hydrogen (secondary N) is 2. The lowest BCUT2D eigenvalue weighted by Crippen LogP contribution is -2.26. The monoisotopic (exact) mass is 400 g/mol. The second-order valence-electron chi connectivity index (χ2n) is 6.61. The highest BCUT2D eigenvalue weighted by Gasteiger charge is 2.28. The molecule has 0 saturated heterocycles. The summed E-state index contributed by atoms with van der Waals surface area (Å²) in [4.78, 5) is 12.7. The lowest BCUT2D eigenvalue weighted by Gasteiger charge is -2.13. The van der Waals surface area contributed by atoms with Crippen LogP contribution < -0.4 is 25.9 Å². The minimum Gasteiger partial charge on any atom is -0.455 e. The minimum atomic E-state index is -0.272. The van der Waals surface area contributed by atoms with Crippen LogP contribution in [0.25, 0.3) is 0 Å². The van der Waals surface area contributed by atoms with E-state index in [4.69, 9.17) is 31.8 Å². The van der Waals surface area contributed by atoms with Crippen molar-refractivity contribution in [2.75, 3.05) is 6.79 Å². The van der Waals surface area contributed by atoms with Gasteiger partial charge in [-0.2, -0.15) is 5.10 Å². The second kappa shape index (κ2) is 7.51. The van der Waals surface area contributed by atoms with Gasteiger partial charge in [-0.25, -0.2) is 0 Å². The number of ether oxygens (including phenoxy) is 2. The Hall–Kier alpha value is -3.07. The van der Waals surface area contributed by atoms with E-state index >= 15 is 0 Å². The highest BCUT2D eigenvalue weighted by molar-refractivity contribution is 7.80. The maximum absolute atomic E-state index is 12.7. The zero-order chi connectivity index (χ0) is 19.7. The van der Waals surface area contributed by atoms with Gasteiger partial charge in [0.1, 0.15) is 5.76 Å². The summed E-state index contributed by atoms with van der Waals surface area (Å²) < 4.78 is 16.5. The van der Waals surface area contributed by atoms with E-state index in [-0.39, 0.29) is 17.8 Å². The molecule has 28 heavy (non-hydrogen) atoms. The smallest absolute Gasteiger partial charge is 0.287 e. The van der Waals surface area contributed by atoms with Crippen LogP contribution >= 0.6 is 12.2 Å². The molecule has 0 fully saturated rings. The maximum Gasteiger partial charge on any atom is 0.287 e. The molecule has 1 amide bonds. The minimum absolute atomic E-state index is 0.0995. The van der Waals surface area contributed by atoms with Crippen molar-refractivity contribution in [1.82, 2.24) is 10.7 Å². The van der Waals surface area contributed by atoms with Crippen molar-refractivity contribution in [3.05, 3.63) is 46.4 Å². The van der Waals surface area contributed by atoms with Gasteiger partial charge in [-0.15, -0.1) is 0 Å². The fraction of sp³-hybridized carbons (Fsp3) is 0.316. The third-order valence-electron chi connectivity index (χ3n) is 4.72. The molecule has 0 radical (unpaired) electrons. The Morgan fingerprint density at radius 2 is 2.11 bits per heavy atom. The van der Waals surface area contributed by atoms with Gasteiger partial charge in [-0.3, -0.25) is 10.2 Å². The molecule has 1 aliphatic heterocycles. The molecule has 0 atom stereocenters. The van der Waals surface area contributed by atoms with E-state index in [1.807, 2.05) is 25.1 Å². The third kappa shape index (κ3) is 3.53. The van der Waals surface area contributed by atoms with Crippen LogP contribution in [0.15, 0.2) is 27.7 Å². The first kappa shape index (κ1) is 18.3. The summed E-state index contributed by atoms with van der Waals surface area (Å²) in [7, 11) is 0. The van der Waals surface area contributed by atoms with Gasteiger partial charge in [0.2, 0.25) is 6.79 Å². The first-order valence-electron chi connectivity index (χ1n) is 8.94. The largest absolute Gasteiger partial charge is 0.455 e. The van der Waals surface area contributed by atoms with E-state index in [0.717, 1.165) is 47.4 Å². The first-order valence-corrected chi connectivity index (χ1v) is 9.35. The fourth-order valence-corrected chi connectivity index (χ4v) is 3.48. The Balaban J connectivity index is 1.51. The predicted octanol–water partition coefficient (Wildman–Crippen LogP) is 2.12. The van der Waals surface area contributed by atoms with Crippen molar-refractivity contribution in [3.8, 4) is 11.5 Å². The number of nitrogens with zero attached hydrogens (tertiary/aromatic N) is 1. The Bertz CT molecular complexity index is 983. The number of benzene rings is 1. The molecule has 4 rings (SSSR count). The molecule has 0 saturated carbocycles. The van der Waals surface area contributed by atoms with Crippen molar-refractivity contribution in [2.24, 2.45) is 10.8 Å². The summed E-state index contributed by atoms with van der Waals surface area (Å²) in [5, 5.41) is 7.26. The molecule has 2 aliphatic rings. The number of amides is 1. The Labute approximate surface area is 167 Å². The van der Waals surface area contributed by atoms with Crippen LogP contribution in [0.2, 0.25) is 0 Å². The number of furan rings is 1. The zero-order valence-corrected chi connectivity index (χ0v) is 16.1. The lowest BCUT2D eigenvalue weighted by molar-refractivity contribution is 0.0920. The fourth-order valence-electron chi connectivity index (χ4n) is 3.43. The highest BCUT2D eigenvalue weighted by atomic mass is 32.1. The SMILES string of the molecule is Cc1c(C(=O)NCc2ccc3c(c2)OCO3)oc2c1/C(=N/NC(N)=S)CCC2. The molecule has 1 aromatic heterocycles. The van der Waals surface area contributed by atoms with E-state index in [1.54, 1.807) is 0 Å². The quantitative estimate of drug-likeness (QED) is 0.532. The summed E-state index contributed by atoms with van der Waals surface area (Å²) >= 11 is 4.81. The number of fused-ring (bicyclic) bond motifs is 2. The van der Waals surface area contributed by atoms with Gasteiger partial charge in [0.05, 0.1) is 5.71 Å². The molecule has 0 bridgehead atoms. The summed E-state index contributed by atoms with van der Waals surface area (Å²) in [6, 6.07) is 5.58. The molecule has 2 heterocycles. The third-order valence-corrected chi connectivity index (χ3v) is 4.81. The van der Waals surface area contributed by atoms with Crippen LogP contribution in [-0.2, 0) is 13.0 Å². The average Bonchev–Trinajstić information content (AvgIpc) is 3.28. The van der Waals surface area contributed by atoms with Gasteiger partial charge >= 0.3 is 0 Å². The van der Waals surface area contributed by atoms with Crippen LogP contribution in [0.3, 0.4) is 0 Å². The van der Waals surface area contributed by atoms with Gasteiger partial charge in [0.15, 0.2) is 22.4 Å². The first-order chi connectivity index (χ1) is 13.5. The lowest BCUT2D eigenvalue weighted by atomic mass is 9.93. The number of carbonyl (C=O) groups excluding carboxylic acids is 1. The van der Waals surface area contributed by atoms with Crippen LogP contribution in [0.5, 0.6) is 11.5 Å². The van der Waals surface area contributed by atoms with Crippen LogP contribution in [0.1, 0.15) is 45.8 Å². The number of nitrogens with two attached hydrogens (primary N) is 1. The molecule has 2 aromatic rings. The molecule has 0 spiro atoms. The van der Waals surface area contributed by atoms with E-state index in [9.17, 15) is 4.79 Å². The van der Waals surface area contributed by atoms with E-state index in [1.165, 1.54) is 0 Å². The number of hydrogen-bond acceptors (Lipinski definition) is 6. The van der Waals surface area contributed by atoms with Crippen molar-refractivity contribution in [2.45, 2.75) is 32.7 Å². The van der Waals surface area contributed by atoms with Gasteiger partial charge in [0.25, 0.3) is 5.91 Å². The molecule has 8 nitrogen and oxygen atoms in total. The van der Waals surface area contributed by atoms with Crippen molar-refractivity contribution < 1.29 is 18.7 Å². The van der Waals surface area contributed by atoms with Crippen LogP contribution in [0, 0.1) is 6.92 Å². The molecule has 0 unspecified atom stereocenters. The van der Waals surface area contributed by atoms with Gasteiger partial charge in [-0.1, -0.05) is 6.07 Å². The number of hydrazone groups is 1. The topological polar surface area (TPSA) is 111 Å². The van der Waals surface area contributed by atoms with Crippen molar-refractivity contribution in [1.29, 1.82) is 0 Å². The molecule has 1 aromatic carbocycles. The molecular formula is C19H20N4O4S. The normalized spacial score (nSPS) is 16.0. The number of aryl methyl sites for hydroxylation is 1. The molecule has 9 heteroatoms. The van der Waals surface area contributed by atoms with Crippen LogP contribution in [0.4, 0.5) is 0 Å². The summed E-state index contributed by atoms with van der Waals surface area (Å²) in [6.07, 6.45) is 2.41.